The third-order valence-electron chi connectivity index (χ3n) is 2.85. The summed E-state index contributed by atoms with van der Waals surface area (Å²) in [5.41, 5.74) is 7.84. The highest BCUT2D eigenvalue weighted by Gasteiger charge is 2.14. The summed E-state index contributed by atoms with van der Waals surface area (Å²) >= 11 is 3.39. The quantitative estimate of drug-likeness (QED) is 0.833. The van der Waals surface area contributed by atoms with Gasteiger partial charge in [-0.15, -0.1) is 0 Å². The van der Waals surface area contributed by atoms with Crippen LogP contribution in [0.1, 0.15) is 12.0 Å². The zero-order chi connectivity index (χ0) is 11.4. The molecule has 0 aliphatic carbocycles. The summed E-state index contributed by atoms with van der Waals surface area (Å²) < 4.78 is 6.29. The van der Waals surface area contributed by atoms with Gasteiger partial charge in [-0.1, -0.05) is 6.07 Å². The van der Waals surface area contributed by atoms with Crippen molar-refractivity contribution in [3.63, 3.8) is 0 Å². The number of ether oxygens (including phenoxy) is 1. The van der Waals surface area contributed by atoms with E-state index in [1.54, 1.807) is 0 Å². The number of nitrogens with one attached hydrogen (secondary N) is 1. The van der Waals surface area contributed by atoms with Crippen molar-refractivity contribution in [3.05, 3.63) is 28.2 Å². The number of hydrogen-bond acceptors (Lipinski definition) is 3. The van der Waals surface area contributed by atoms with Crippen molar-refractivity contribution in [1.29, 1.82) is 0 Å². The lowest BCUT2D eigenvalue weighted by atomic mass is 10.1. The lowest BCUT2D eigenvalue weighted by molar-refractivity contribution is 0.185. The van der Waals surface area contributed by atoms with E-state index in [0.717, 1.165) is 36.5 Å². The van der Waals surface area contributed by atoms with Crippen LogP contribution in [-0.2, 0) is 11.3 Å². The summed E-state index contributed by atoms with van der Waals surface area (Å²) in [5, 5.41) is 3.44. The van der Waals surface area contributed by atoms with Crippen LogP contribution in [0, 0.1) is 5.92 Å². The molecule has 1 aliphatic rings. The molecule has 0 bridgehead atoms. The third-order valence-corrected chi connectivity index (χ3v) is 3.57. The molecule has 4 heteroatoms. The Labute approximate surface area is 104 Å². The molecule has 0 amide bonds. The molecule has 0 spiro atoms. The Morgan fingerprint density at radius 2 is 2.38 bits per heavy atom. The number of nitrogen functional groups attached to an aromatic ring is 1. The highest BCUT2D eigenvalue weighted by Crippen LogP contribution is 2.20. The normalized spacial score (nSPS) is 20.2. The van der Waals surface area contributed by atoms with Gasteiger partial charge in [-0.2, -0.15) is 0 Å². The fourth-order valence-electron chi connectivity index (χ4n) is 1.87. The number of rotatable bonds is 4. The second-order valence-corrected chi connectivity index (χ2v) is 5.07. The Morgan fingerprint density at radius 3 is 3.06 bits per heavy atom. The van der Waals surface area contributed by atoms with Crippen LogP contribution in [0.15, 0.2) is 22.7 Å². The molecule has 0 aromatic heterocycles. The van der Waals surface area contributed by atoms with Crippen molar-refractivity contribution >= 4 is 21.6 Å². The Bertz CT molecular complexity index is 351. The molecule has 1 aromatic rings. The first-order valence-corrected chi connectivity index (χ1v) is 6.37. The second kappa shape index (κ2) is 5.66. The van der Waals surface area contributed by atoms with Gasteiger partial charge in [0.25, 0.3) is 0 Å². The number of benzene rings is 1. The number of halogens is 1. The van der Waals surface area contributed by atoms with Gasteiger partial charge in [0.15, 0.2) is 0 Å². The first-order valence-electron chi connectivity index (χ1n) is 5.58. The van der Waals surface area contributed by atoms with Crippen LogP contribution >= 0.6 is 15.9 Å². The van der Waals surface area contributed by atoms with E-state index in [4.69, 9.17) is 10.5 Å². The monoisotopic (exact) mass is 284 g/mol. The molecule has 16 heavy (non-hydrogen) atoms. The van der Waals surface area contributed by atoms with Crippen molar-refractivity contribution in [2.75, 3.05) is 25.5 Å². The van der Waals surface area contributed by atoms with E-state index in [9.17, 15) is 0 Å². The minimum absolute atomic E-state index is 0.674. The van der Waals surface area contributed by atoms with Crippen molar-refractivity contribution in [1.82, 2.24) is 5.32 Å². The summed E-state index contributed by atoms with van der Waals surface area (Å²) in [7, 11) is 0. The first kappa shape index (κ1) is 11.9. The molecule has 1 aromatic carbocycles. The highest BCUT2D eigenvalue weighted by atomic mass is 79.9. The Hall–Kier alpha value is -0.580. The maximum Gasteiger partial charge on any atom is 0.0507 e. The van der Waals surface area contributed by atoms with E-state index in [-0.39, 0.29) is 0 Å². The maximum atomic E-state index is 5.82. The van der Waals surface area contributed by atoms with E-state index in [0.29, 0.717) is 5.92 Å². The lowest BCUT2D eigenvalue weighted by Crippen LogP contribution is -2.22. The first-order chi connectivity index (χ1) is 7.75. The molecule has 1 atom stereocenters. The second-order valence-electron chi connectivity index (χ2n) is 4.22. The molecule has 1 aliphatic heterocycles. The van der Waals surface area contributed by atoms with Gasteiger partial charge in [0.05, 0.1) is 6.61 Å². The van der Waals surface area contributed by atoms with E-state index in [1.165, 1.54) is 12.0 Å². The predicted molar refractivity (Wildman–Crippen MR) is 69.2 cm³/mol. The minimum Gasteiger partial charge on any atom is -0.398 e. The van der Waals surface area contributed by atoms with Gasteiger partial charge >= 0.3 is 0 Å². The molecule has 1 fully saturated rings. The molecule has 88 valence electrons. The number of nitrogens with two attached hydrogens (primary N) is 1. The topological polar surface area (TPSA) is 47.3 Å². The fraction of sp³-hybridized carbons (Fsp3) is 0.500. The van der Waals surface area contributed by atoms with Crippen molar-refractivity contribution < 1.29 is 4.74 Å². The van der Waals surface area contributed by atoms with Crippen LogP contribution in [0.5, 0.6) is 0 Å². The standard InChI is InChI=1S/C12H17BrN2O/c13-11-2-1-9(5-12(11)14)6-15-7-10-3-4-16-8-10/h1-2,5,10,15H,3-4,6-8,14H2. The minimum atomic E-state index is 0.674. The molecular weight excluding hydrogens is 268 g/mol. The Kier molecular flexibility index (Phi) is 4.21. The predicted octanol–water partition coefficient (Wildman–Crippen LogP) is 2.16. The highest BCUT2D eigenvalue weighted by molar-refractivity contribution is 9.10. The average molecular weight is 285 g/mol. The maximum absolute atomic E-state index is 5.82. The van der Waals surface area contributed by atoms with Gasteiger partial charge in [-0.3, -0.25) is 0 Å². The zero-order valence-corrected chi connectivity index (χ0v) is 10.8. The van der Waals surface area contributed by atoms with Gasteiger partial charge in [-0.25, -0.2) is 0 Å². The molecule has 1 unspecified atom stereocenters. The van der Waals surface area contributed by atoms with E-state index in [1.807, 2.05) is 12.1 Å². The van der Waals surface area contributed by atoms with Crippen LogP contribution in [0.2, 0.25) is 0 Å². The number of hydrogen-bond donors (Lipinski definition) is 2. The van der Waals surface area contributed by atoms with Crippen molar-refractivity contribution in [2.24, 2.45) is 5.92 Å². The molecule has 2 rings (SSSR count). The van der Waals surface area contributed by atoms with E-state index < -0.39 is 0 Å². The van der Waals surface area contributed by atoms with E-state index >= 15 is 0 Å². The van der Waals surface area contributed by atoms with Gasteiger partial charge in [-0.05, 0) is 46.0 Å². The fourth-order valence-corrected chi connectivity index (χ4v) is 2.11. The Morgan fingerprint density at radius 1 is 1.50 bits per heavy atom. The summed E-state index contributed by atoms with van der Waals surface area (Å²) in [6, 6.07) is 6.08. The molecule has 3 nitrogen and oxygen atoms in total. The van der Waals surface area contributed by atoms with Crippen molar-refractivity contribution in [3.8, 4) is 0 Å². The van der Waals surface area contributed by atoms with Gasteiger partial charge in [0.2, 0.25) is 0 Å². The zero-order valence-electron chi connectivity index (χ0n) is 9.21. The Balaban J connectivity index is 1.78. The third kappa shape index (κ3) is 3.20. The molecule has 1 heterocycles. The van der Waals surface area contributed by atoms with Gasteiger partial charge in [0, 0.05) is 29.9 Å². The van der Waals surface area contributed by atoms with Crippen LogP contribution < -0.4 is 11.1 Å². The van der Waals surface area contributed by atoms with Crippen molar-refractivity contribution in [2.45, 2.75) is 13.0 Å². The van der Waals surface area contributed by atoms with Crippen LogP contribution in [-0.4, -0.2) is 19.8 Å². The number of anilines is 1. The molecule has 3 N–H and O–H groups in total. The summed E-state index contributed by atoms with van der Waals surface area (Å²) in [4.78, 5) is 0. The van der Waals surface area contributed by atoms with Crippen LogP contribution in [0.4, 0.5) is 5.69 Å². The molecule has 0 radical (unpaired) electrons. The summed E-state index contributed by atoms with van der Waals surface area (Å²) in [5.74, 6) is 0.674. The van der Waals surface area contributed by atoms with Crippen LogP contribution in [0.25, 0.3) is 0 Å². The SMILES string of the molecule is Nc1cc(CNCC2CCOC2)ccc1Br. The van der Waals surface area contributed by atoms with Gasteiger partial charge < -0.3 is 15.8 Å². The summed E-state index contributed by atoms with van der Waals surface area (Å²) in [6.07, 6.45) is 1.18. The largest absolute Gasteiger partial charge is 0.398 e. The molecular formula is C12H17BrN2O. The molecule has 0 saturated carbocycles. The van der Waals surface area contributed by atoms with E-state index in [2.05, 4.69) is 27.3 Å². The summed E-state index contributed by atoms with van der Waals surface area (Å²) in [6.45, 7) is 3.71. The molecule has 1 saturated heterocycles. The average Bonchev–Trinajstić information content (AvgIpc) is 2.76. The van der Waals surface area contributed by atoms with Gasteiger partial charge in [0.1, 0.15) is 0 Å². The lowest BCUT2D eigenvalue weighted by Gasteiger charge is -2.10. The smallest absolute Gasteiger partial charge is 0.0507 e. The van der Waals surface area contributed by atoms with Crippen LogP contribution in [0.3, 0.4) is 0 Å².